The molecule has 0 saturated heterocycles. The summed E-state index contributed by atoms with van der Waals surface area (Å²) < 4.78 is 20.6. The van der Waals surface area contributed by atoms with Crippen molar-refractivity contribution in [3.8, 4) is 22.5 Å². The molecular formula is C29H25FN2O3. The summed E-state index contributed by atoms with van der Waals surface area (Å²) in [7, 11) is 1.57. The molecule has 4 aromatic rings. The number of halogens is 1. The van der Waals surface area contributed by atoms with Crippen LogP contribution in [0.3, 0.4) is 0 Å². The highest BCUT2D eigenvalue weighted by Gasteiger charge is 2.57. The molecule has 0 unspecified atom stereocenters. The van der Waals surface area contributed by atoms with Gasteiger partial charge < -0.3 is 9.73 Å². The number of ketones is 1. The normalized spacial score (nSPS) is 20.3. The number of pyridine rings is 1. The maximum Gasteiger partial charge on any atom is 0.255 e. The third-order valence-corrected chi connectivity index (χ3v) is 7.61. The van der Waals surface area contributed by atoms with E-state index in [4.69, 9.17) is 4.42 Å². The molecule has 176 valence electrons. The van der Waals surface area contributed by atoms with Crippen LogP contribution in [0.25, 0.3) is 33.6 Å². The van der Waals surface area contributed by atoms with Gasteiger partial charge in [-0.15, -0.1) is 0 Å². The lowest BCUT2D eigenvalue weighted by Crippen LogP contribution is -2.52. The quantitative estimate of drug-likeness (QED) is 0.335. The summed E-state index contributed by atoms with van der Waals surface area (Å²) in [6.07, 6.45) is 5.30. The standard InChI is InChI=1S/C29H25FN2O3/c1-16-3-5-18(6-4-16)26-25(27(34)31-2)22-10-20(15-32-28(22)35-26)19-7-8-23(30)21(9-19)24(33)14-29-11-17(12-29)13-29/h3-10,15,17H,11-14H2,1-2H3,(H,31,34). The van der Waals surface area contributed by atoms with Gasteiger partial charge in [0.25, 0.3) is 5.91 Å². The summed E-state index contributed by atoms with van der Waals surface area (Å²) in [4.78, 5) is 30.3. The fourth-order valence-electron chi connectivity index (χ4n) is 5.63. The van der Waals surface area contributed by atoms with E-state index >= 15 is 0 Å². The Bertz CT molecular complexity index is 1490. The molecule has 0 atom stereocenters. The number of carbonyl (C=O) groups is 2. The van der Waals surface area contributed by atoms with Gasteiger partial charge in [0.1, 0.15) is 11.6 Å². The Balaban J connectivity index is 1.41. The summed E-state index contributed by atoms with van der Waals surface area (Å²) >= 11 is 0. The van der Waals surface area contributed by atoms with E-state index in [-0.39, 0.29) is 22.7 Å². The molecule has 1 N–H and O–H groups in total. The summed E-state index contributed by atoms with van der Waals surface area (Å²) in [5.41, 5.74) is 4.18. The highest BCUT2D eigenvalue weighted by Crippen LogP contribution is 2.66. The van der Waals surface area contributed by atoms with E-state index in [1.54, 1.807) is 25.4 Å². The van der Waals surface area contributed by atoms with Crippen molar-refractivity contribution in [1.29, 1.82) is 0 Å². The Labute approximate surface area is 202 Å². The number of carbonyl (C=O) groups excluding carboxylic acids is 2. The molecular weight excluding hydrogens is 443 g/mol. The molecule has 5 nitrogen and oxygen atoms in total. The molecule has 2 heterocycles. The smallest absolute Gasteiger partial charge is 0.255 e. The van der Waals surface area contributed by atoms with E-state index in [9.17, 15) is 14.0 Å². The topological polar surface area (TPSA) is 72.2 Å². The van der Waals surface area contributed by atoms with E-state index < -0.39 is 5.82 Å². The molecule has 3 fully saturated rings. The van der Waals surface area contributed by atoms with Gasteiger partial charge in [0.15, 0.2) is 5.78 Å². The van der Waals surface area contributed by atoms with Crippen LogP contribution in [0.15, 0.2) is 59.1 Å². The Hall–Kier alpha value is -3.80. The fraction of sp³-hybridized carbons (Fsp3) is 0.276. The molecule has 2 aromatic heterocycles. The van der Waals surface area contributed by atoms with Crippen LogP contribution >= 0.6 is 0 Å². The van der Waals surface area contributed by atoms with E-state index in [1.165, 1.54) is 6.07 Å². The van der Waals surface area contributed by atoms with Crippen LogP contribution in [0, 0.1) is 24.1 Å². The summed E-state index contributed by atoms with van der Waals surface area (Å²) in [6.45, 7) is 1.99. The number of amides is 1. The molecule has 0 radical (unpaired) electrons. The Morgan fingerprint density at radius 1 is 1.06 bits per heavy atom. The minimum atomic E-state index is -0.504. The lowest BCUT2D eigenvalue weighted by molar-refractivity contribution is -0.103. The van der Waals surface area contributed by atoms with Crippen molar-refractivity contribution in [2.75, 3.05) is 7.05 Å². The molecule has 2 aromatic carbocycles. The van der Waals surface area contributed by atoms with Gasteiger partial charge in [0, 0.05) is 30.8 Å². The van der Waals surface area contributed by atoms with Crippen LogP contribution in [-0.2, 0) is 0 Å². The van der Waals surface area contributed by atoms with Crippen molar-refractivity contribution in [2.45, 2.75) is 32.6 Å². The second-order valence-electron chi connectivity index (χ2n) is 10.1. The van der Waals surface area contributed by atoms with E-state index in [0.29, 0.717) is 40.0 Å². The number of hydrogen-bond acceptors (Lipinski definition) is 4. The highest BCUT2D eigenvalue weighted by atomic mass is 19.1. The first-order chi connectivity index (χ1) is 16.9. The summed E-state index contributed by atoms with van der Waals surface area (Å²) in [5, 5.41) is 3.25. The molecule has 3 aliphatic carbocycles. The van der Waals surface area contributed by atoms with Gasteiger partial charge in [0.2, 0.25) is 5.71 Å². The number of benzene rings is 2. The number of nitrogens with one attached hydrogen (secondary N) is 1. The van der Waals surface area contributed by atoms with Crippen molar-refractivity contribution >= 4 is 22.8 Å². The number of fused-ring (bicyclic) bond motifs is 1. The third kappa shape index (κ3) is 3.55. The lowest BCUT2D eigenvalue weighted by atomic mass is 9.43. The molecule has 0 spiro atoms. The Kier molecular flexibility index (Phi) is 4.88. The fourth-order valence-corrected chi connectivity index (χ4v) is 5.63. The van der Waals surface area contributed by atoms with Gasteiger partial charge in [0.05, 0.1) is 16.5 Å². The lowest BCUT2D eigenvalue weighted by Gasteiger charge is -2.62. The van der Waals surface area contributed by atoms with Crippen LogP contribution in [0.2, 0.25) is 0 Å². The Morgan fingerprint density at radius 2 is 1.77 bits per heavy atom. The van der Waals surface area contributed by atoms with Gasteiger partial charge in [-0.1, -0.05) is 35.9 Å². The van der Waals surface area contributed by atoms with Crippen molar-refractivity contribution in [3.63, 3.8) is 0 Å². The van der Waals surface area contributed by atoms with Gasteiger partial charge in [-0.25, -0.2) is 9.37 Å². The van der Waals surface area contributed by atoms with Crippen LogP contribution in [0.4, 0.5) is 4.39 Å². The van der Waals surface area contributed by atoms with Gasteiger partial charge in [-0.05, 0) is 61.3 Å². The molecule has 7 rings (SSSR count). The zero-order valence-electron chi connectivity index (χ0n) is 19.7. The average Bonchev–Trinajstić information content (AvgIpc) is 3.19. The number of furan rings is 1. The van der Waals surface area contributed by atoms with Crippen LogP contribution in [-0.4, -0.2) is 23.7 Å². The van der Waals surface area contributed by atoms with Crippen molar-refractivity contribution in [3.05, 3.63) is 77.2 Å². The molecule has 3 saturated carbocycles. The largest absolute Gasteiger partial charge is 0.437 e. The van der Waals surface area contributed by atoms with Gasteiger partial charge in [-0.2, -0.15) is 0 Å². The number of nitrogens with zero attached hydrogens (tertiary/aromatic N) is 1. The highest BCUT2D eigenvalue weighted by molar-refractivity contribution is 6.11. The predicted molar refractivity (Wildman–Crippen MR) is 132 cm³/mol. The predicted octanol–water partition coefficient (Wildman–Crippen LogP) is 6.34. The van der Waals surface area contributed by atoms with Crippen molar-refractivity contribution in [1.82, 2.24) is 10.3 Å². The number of aromatic nitrogens is 1. The van der Waals surface area contributed by atoms with Crippen molar-refractivity contribution < 1.29 is 18.4 Å². The zero-order chi connectivity index (χ0) is 24.3. The number of rotatable bonds is 6. The van der Waals surface area contributed by atoms with E-state index in [2.05, 4.69) is 10.3 Å². The van der Waals surface area contributed by atoms with E-state index in [0.717, 1.165) is 36.3 Å². The maximum absolute atomic E-state index is 14.6. The zero-order valence-corrected chi connectivity index (χ0v) is 19.7. The third-order valence-electron chi connectivity index (χ3n) is 7.61. The maximum atomic E-state index is 14.6. The first kappa shape index (κ1) is 21.7. The van der Waals surface area contributed by atoms with Crippen molar-refractivity contribution in [2.24, 2.45) is 11.3 Å². The second kappa shape index (κ2) is 7.87. The minimum absolute atomic E-state index is 0.107. The van der Waals surface area contributed by atoms with E-state index in [1.807, 2.05) is 37.3 Å². The second-order valence-corrected chi connectivity index (χ2v) is 10.1. The molecule has 3 aliphatic rings. The van der Waals surface area contributed by atoms with Gasteiger partial charge >= 0.3 is 0 Å². The number of Topliss-reactive ketones (excluding diaryl/α,β-unsaturated/α-hetero) is 1. The molecule has 2 bridgehead atoms. The average molecular weight is 469 g/mol. The Morgan fingerprint density at radius 3 is 2.43 bits per heavy atom. The van der Waals surface area contributed by atoms with Crippen LogP contribution in [0.5, 0.6) is 0 Å². The summed E-state index contributed by atoms with van der Waals surface area (Å²) in [5.74, 6) is 0.276. The first-order valence-electron chi connectivity index (χ1n) is 11.9. The van der Waals surface area contributed by atoms with Crippen LogP contribution < -0.4 is 5.32 Å². The minimum Gasteiger partial charge on any atom is -0.437 e. The summed E-state index contributed by atoms with van der Waals surface area (Å²) in [6, 6.07) is 14.1. The number of aryl methyl sites for hydroxylation is 1. The SMILES string of the molecule is CNC(=O)c1c(-c2ccc(C)cc2)oc2ncc(-c3ccc(F)c(C(=O)CC45CC(C4)C5)c3)cc12. The van der Waals surface area contributed by atoms with Crippen LogP contribution in [0.1, 0.15) is 52.0 Å². The molecule has 0 aliphatic heterocycles. The van der Waals surface area contributed by atoms with Gasteiger partial charge in [-0.3, -0.25) is 9.59 Å². The molecule has 1 amide bonds. The molecule has 35 heavy (non-hydrogen) atoms. The molecule has 6 heteroatoms. The first-order valence-corrected chi connectivity index (χ1v) is 11.9. The monoisotopic (exact) mass is 468 g/mol. The number of hydrogen-bond donors (Lipinski definition) is 1.